The van der Waals surface area contributed by atoms with Gasteiger partial charge < -0.3 is 0 Å². The van der Waals surface area contributed by atoms with Crippen LogP contribution in [0.25, 0.3) is 0 Å². The summed E-state index contributed by atoms with van der Waals surface area (Å²) in [5.41, 5.74) is 3.30. The van der Waals surface area contributed by atoms with Crippen LogP contribution in [0.4, 0.5) is 0 Å². The van der Waals surface area contributed by atoms with Gasteiger partial charge in [-0.25, -0.2) is 18.1 Å². The van der Waals surface area contributed by atoms with Crippen molar-refractivity contribution < 1.29 is 8.42 Å². The van der Waals surface area contributed by atoms with Gasteiger partial charge in [0.15, 0.2) is 0 Å². The Kier molecular flexibility index (Phi) is 3.99. The van der Waals surface area contributed by atoms with Gasteiger partial charge in [0.1, 0.15) is 0 Å². The smallest absolute Gasteiger partial charge is 0.240 e. The molecule has 0 unspecified atom stereocenters. The summed E-state index contributed by atoms with van der Waals surface area (Å²) in [6.07, 6.45) is 6.82. The van der Waals surface area contributed by atoms with Gasteiger partial charge in [-0.05, 0) is 61.8 Å². The fourth-order valence-corrected chi connectivity index (χ4v) is 5.09. The number of sulfonamides is 1. The molecule has 1 N–H and O–H groups in total. The predicted octanol–water partition coefficient (Wildman–Crippen LogP) is 3.38. The molecule has 0 aliphatic heterocycles. The lowest BCUT2D eigenvalue weighted by Gasteiger charge is -2.16. The summed E-state index contributed by atoms with van der Waals surface area (Å²) in [5.74, 6) is 0.617. The SMILES string of the molecule is O=S(=O)(NCc1csc(C2CC2)n1)c1ccc2c(c1)CCCC2. The van der Waals surface area contributed by atoms with Crippen LogP contribution in [0.1, 0.15) is 53.4 Å². The molecule has 1 heterocycles. The number of hydrogen-bond donors (Lipinski definition) is 1. The van der Waals surface area contributed by atoms with Crippen molar-refractivity contribution in [2.75, 3.05) is 0 Å². The number of benzene rings is 1. The monoisotopic (exact) mass is 348 g/mol. The van der Waals surface area contributed by atoms with Crippen molar-refractivity contribution in [2.24, 2.45) is 0 Å². The first-order valence-electron chi connectivity index (χ1n) is 8.17. The third kappa shape index (κ3) is 3.34. The van der Waals surface area contributed by atoms with Crippen molar-refractivity contribution in [1.82, 2.24) is 9.71 Å². The van der Waals surface area contributed by atoms with Gasteiger partial charge in [-0.15, -0.1) is 11.3 Å². The van der Waals surface area contributed by atoms with E-state index in [0.717, 1.165) is 30.0 Å². The highest BCUT2D eigenvalue weighted by atomic mass is 32.2. The second kappa shape index (κ2) is 6.00. The Hall–Kier alpha value is -1.24. The lowest BCUT2D eigenvalue weighted by Crippen LogP contribution is -2.23. The molecular formula is C17H20N2O2S2. The first kappa shape index (κ1) is 15.3. The number of hydrogen-bond acceptors (Lipinski definition) is 4. The molecule has 0 saturated heterocycles. The molecule has 122 valence electrons. The van der Waals surface area contributed by atoms with Crippen molar-refractivity contribution in [3.63, 3.8) is 0 Å². The second-order valence-corrected chi connectivity index (χ2v) is 9.07. The minimum atomic E-state index is -3.47. The van der Waals surface area contributed by atoms with Crippen molar-refractivity contribution in [2.45, 2.75) is 55.9 Å². The van der Waals surface area contributed by atoms with E-state index in [1.165, 1.54) is 30.4 Å². The van der Waals surface area contributed by atoms with Crippen LogP contribution in [0.5, 0.6) is 0 Å². The van der Waals surface area contributed by atoms with Crippen LogP contribution in [-0.4, -0.2) is 13.4 Å². The highest BCUT2D eigenvalue weighted by Gasteiger charge is 2.26. The molecule has 2 aliphatic carbocycles. The molecule has 2 aliphatic rings. The minimum Gasteiger partial charge on any atom is -0.245 e. The van der Waals surface area contributed by atoms with Crippen molar-refractivity contribution in [3.8, 4) is 0 Å². The van der Waals surface area contributed by atoms with E-state index in [1.807, 2.05) is 17.5 Å². The molecular weight excluding hydrogens is 328 g/mol. The lowest BCUT2D eigenvalue weighted by atomic mass is 9.92. The van der Waals surface area contributed by atoms with Gasteiger partial charge in [0.25, 0.3) is 0 Å². The number of rotatable bonds is 5. The molecule has 0 bridgehead atoms. The highest BCUT2D eigenvalue weighted by molar-refractivity contribution is 7.89. The molecule has 4 rings (SSSR count). The van der Waals surface area contributed by atoms with Crippen LogP contribution in [0.15, 0.2) is 28.5 Å². The number of aromatic nitrogens is 1. The Balaban J connectivity index is 1.48. The van der Waals surface area contributed by atoms with Crippen LogP contribution in [0, 0.1) is 0 Å². The summed E-state index contributed by atoms with van der Waals surface area (Å²) in [4.78, 5) is 4.90. The number of aryl methyl sites for hydroxylation is 2. The predicted molar refractivity (Wildman–Crippen MR) is 91.2 cm³/mol. The fourth-order valence-electron chi connectivity index (χ4n) is 3.05. The molecule has 23 heavy (non-hydrogen) atoms. The average Bonchev–Trinajstić information content (AvgIpc) is 3.31. The summed E-state index contributed by atoms with van der Waals surface area (Å²) >= 11 is 1.64. The maximum Gasteiger partial charge on any atom is 0.240 e. The van der Waals surface area contributed by atoms with E-state index in [4.69, 9.17) is 0 Å². The first-order chi connectivity index (χ1) is 11.1. The summed E-state index contributed by atoms with van der Waals surface area (Å²) in [7, 11) is -3.47. The molecule has 0 radical (unpaired) electrons. The summed E-state index contributed by atoms with van der Waals surface area (Å²) in [5, 5.41) is 3.11. The molecule has 1 aromatic heterocycles. The fraction of sp³-hybridized carbons (Fsp3) is 0.471. The second-order valence-electron chi connectivity index (χ2n) is 6.41. The van der Waals surface area contributed by atoms with E-state index < -0.39 is 10.0 Å². The normalized spacial score (nSPS) is 17.9. The summed E-state index contributed by atoms with van der Waals surface area (Å²) in [6.45, 7) is 0.267. The van der Waals surface area contributed by atoms with Crippen LogP contribution < -0.4 is 4.72 Å². The van der Waals surface area contributed by atoms with E-state index in [0.29, 0.717) is 10.8 Å². The molecule has 6 heteroatoms. The average molecular weight is 348 g/mol. The molecule has 1 aromatic carbocycles. The topological polar surface area (TPSA) is 59.1 Å². The standard InChI is InChI=1S/C17H20N2O2S2/c20-23(21,16-8-7-12-3-1-2-4-14(12)9-16)18-10-15-11-22-17(19-15)13-5-6-13/h7-9,11,13,18H,1-6,10H2. The minimum absolute atomic E-state index is 0.267. The van der Waals surface area contributed by atoms with Gasteiger partial charge in [0, 0.05) is 11.3 Å². The number of nitrogens with zero attached hydrogens (tertiary/aromatic N) is 1. The van der Waals surface area contributed by atoms with Crippen LogP contribution in [0.2, 0.25) is 0 Å². The third-order valence-electron chi connectivity index (χ3n) is 4.57. The quantitative estimate of drug-likeness (QED) is 0.901. The van der Waals surface area contributed by atoms with E-state index in [2.05, 4.69) is 9.71 Å². The van der Waals surface area contributed by atoms with E-state index in [-0.39, 0.29) is 6.54 Å². The van der Waals surface area contributed by atoms with E-state index in [9.17, 15) is 8.42 Å². The molecule has 0 amide bonds. The van der Waals surface area contributed by atoms with Gasteiger partial charge >= 0.3 is 0 Å². The third-order valence-corrected chi connectivity index (χ3v) is 7.02. The number of nitrogens with one attached hydrogen (secondary N) is 1. The van der Waals surface area contributed by atoms with Gasteiger partial charge in [0.05, 0.1) is 22.1 Å². The number of thiazole rings is 1. The molecule has 1 fully saturated rings. The van der Waals surface area contributed by atoms with E-state index in [1.54, 1.807) is 17.4 Å². The maximum atomic E-state index is 12.5. The molecule has 4 nitrogen and oxygen atoms in total. The molecule has 1 saturated carbocycles. The largest absolute Gasteiger partial charge is 0.245 e. The van der Waals surface area contributed by atoms with Crippen LogP contribution in [0.3, 0.4) is 0 Å². The zero-order chi connectivity index (χ0) is 15.9. The van der Waals surface area contributed by atoms with Crippen molar-refractivity contribution >= 4 is 21.4 Å². The maximum absolute atomic E-state index is 12.5. The molecule has 0 atom stereocenters. The zero-order valence-corrected chi connectivity index (χ0v) is 14.5. The molecule has 2 aromatic rings. The lowest BCUT2D eigenvalue weighted by molar-refractivity contribution is 0.580. The summed E-state index contributed by atoms with van der Waals surface area (Å²) in [6, 6.07) is 5.54. The Labute approximate surface area is 141 Å². The first-order valence-corrected chi connectivity index (χ1v) is 10.5. The molecule has 0 spiro atoms. The van der Waals surface area contributed by atoms with Crippen LogP contribution >= 0.6 is 11.3 Å². The van der Waals surface area contributed by atoms with Gasteiger partial charge in [-0.1, -0.05) is 6.07 Å². The Morgan fingerprint density at radius 1 is 1.17 bits per heavy atom. The van der Waals surface area contributed by atoms with Gasteiger partial charge in [-0.2, -0.15) is 0 Å². The Morgan fingerprint density at radius 3 is 2.74 bits per heavy atom. The van der Waals surface area contributed by atoms with Gasteiger partial charge in [0.2, 0.25) is 10.0 Å². The van der Waals surface area contributed by atoms with Crippen molar-refractivity contribution in [3.05, 3.63) is 45.4 Å². The van der Waals surface area contributed by atoms with Gasteiger partial charge in [-0.3, -0.25) is 0 Å². The Bertz CT molecular complexity index is 823. The Morgan fingerprint density at radius 2 is 1.96 bits per heavy atom. The van der Waals surface area contributed by atoms with E-state index >= 15 is 0 Å². The van der Waals surface area contributed by atoms with Crippen LogP contribution in [-0.2, 0) is 29.4 Å². The number of fused-ring (bicyclic) bond motifs is 1. The zero-order valence-electron chi connectivity index (χ0n) is 12.9. The summed E-state index contributed by atoms with van der Waals surface area (Å²) < 4.78 is 27.7. The highest BCUT2D eigenvalue weighted by Crippen LogP contribution is 2.41. The van der Waals surface area contributed by atoms with Crippen molar-refractivity contribution in [1.29, 1.82) is 0 Å².